The smallest absolute Gasteiger partial charge is 0.225 e. The van der Waals surface area contributed by atoms with Crippen LogP contribution >= 0.6 is 0 Å². The summed E-state index contributed by atoms with van der Waals surface area (Å²) in [6.07, 6.45) is 0.448. The molecule has 4 heteroatoms. The molecule has 4 nitrogen and oxygen atoms in total. The molecule has 0 heterocycles. The van der Waals surface area contributed by atoms with Crippen molar-refractivity contribution >= 4 is 11.6 Å². The van der Waals surface area contributed by atoms with Gasteiger partial charge in [0.05, 0.1) is 0 Å². The van der Waals surface area contributed by atoms with E-state index in [4.69, 9.17) is 4.74 Å². The van der Waals surface area contributed by atoms with Crippen LogP contribution in [0.4, 0.5) is 5.69 Å². The first kappa shape index (κ1) is 18.0. The summed E-state index contributed by atoms with van der Waals surface area (Å²) < 4.78 is 5.73. The Morgan fingerprint density at radius 3 is 2.29 bits per heavy atom. The van der Waals surface area contributed by atoms with Gasteiger partial charge in [-0.05, 0) is 50.6 Å². The van der Waals surface area contributed by atoms with Crippen molar-refractivity contribution < 1.29 is 9.53 Å². The van der Waals surface area contributed by atoms with E-state index in [-0.39, 0.29) is 11.4 Å². The fourth-order valence-corrected chi connectivity index (χ4v) is 2.15. The zero-order valence-corrected chi connectivity index (χ0v) is 14.6. The molecule has 1 amide bonds. The summed E-state index contributed by atoms with van der Waals surface area (Å²) >= 11 is 0. The van der Waals surface area contributed by atoms with E-state index in [0.29, 0.717) is 19.6 Å². The average Bonchev–Trinajstić information content (AvgIpc) is 2.54. The highest BCUT2D eigenvalue weighted by atomic mass is 16.5. The number of amides is 1. The predicted molar refractivity (Wildman–Crippen MR) is 98.2 cm³/mol. The molecule has 0 unspecified atom stereocenters. The molecule has 2 N–H and O–H groups in total. The molecule has 0 aliphatic rings. The average molecular weight is 326 g/mol. The zero-order chi connectivity index (χ0) is 17.4. The van der Waals surface area contributed by atoms with E-state index in [0.717, 1.165) is 17.0 Å². The van der Waals surface area contributed by atoms with E-state index in [9.17, 15) is 4.79 Å². The van der Waals surface area contributed by atoms with E-state index in [1.807, 2.05) is 54.6 Å². The number of carbonyl (C=O) groups excluding carboxylic acids is 1. The minimum Gasteiger partial charge on any atom is -0.489 e. The second-order valence-corrected chi connectivity index (χ2v) is 6.77. The molecule has 2 aromatic carbocycles. The van der Waals surface area contributed by atoms with Crippen molar-refractivity contribution in [1.82, 2.24) is 5.32 Å². The van der Waals surface area contributed by atoms with Gasteiger partial charge in [0.1, 0.15) is 12.4 Å². The number of carbonyl (C=O) groups is 1. The van der Waals surface area contributed by atoms with Gasteiger partial charge in [0.2, 0.25) is 5.91 Å². The molecule has 0 aliphatic carbocycles. The number of benzene rings is 2. The first-order chi connectivity index (χ1) is 11.4. The van der Waals surface area contributed by atoms with E-state index < -0.39 is 0 Å². The Hall–Kier alpha value is -2.33. The summed E-state index contributed by atoms with van der Waals surface area (Å²) in [5.74, 6) is 0.788. The molecule has 0 fully saturated rings. The lowest BCUT2D eigenvalue weighted by Gasteiger charge is -2.20. The van der Waals surface area contributed by atoms with Crippen molar-refractivity contribution in [3.8, 4) is 5.75 Å². The SMILES string of the molecule is CC(C)(C)NCCC(=O)Nc1ccc(OCc2ccccc2)cc1. The summed E-state index contributed by atoms with van der Waals surface area (Å²) in [6, 6.07) is 17.5. The first-order valence-corrected chi connectivity index (χ1v) is 8.24. The molecule has 0 aromatic heterocycles. The summed E-state index contributed by atoms with van der Waals surface area (Å²) in [5.41, 5.74) is 1.93. The van der Waals surface area contributed by atoms with Crippen LogP contribution in [0.25, 0.3) is 0 Å². The predicted octanol–water partition coefficient (Wildman–Crippen LogP) is 3.98. The number of anilines is 1. The van der Waals surface area contributed by atoms with Crippen molar-refractivity contribution in [3.05, 3.63) is 60.2 Å². The molecule has 0 aliphatic heterocycles. The summed E-state index contributed by atoms with van der Waals surface area (Å²) in [5, 5.41) is 6.19. The Kier molecular flexibility index (Phi) is 6.38. The van der Waals surface area contributed by atoms with Gasteiger partial charge in [-0.2, -0.15) is 0 Å². The van der Waals surface area contributed by atoms with E-state index in [2.05, 4.69) is 31.4 Å². The van der Waals surface area contributed by atoms with Gasteiger partial charge in [0.15, 0.2) is 0 Å². The van der Waals surface area contributed by atoms with Crippen LogP contribution in [0.1, 0.15) is 32.8 Å². The minimum atomic E-state index is 0.00436. The maximum atomic E-state index is 11.9. The highest BCUT2D eigenvalue weighted by molar-refractivity contribution is 5.90. The van der Waals surface area contributed by atoms with Gasteiger partial charge >= 0.3 is 0 Å². The van der Waals surface area contributed by atoms with Gasteiger partial charge in [-0.25, -0.2) is 0 Å². The third-order valence-corrected chi connectivity index (χ3v) is 3.39. The van der Waals surface area contributed by atoms with Crippen molar-refractivity contribution in [1.29, 1.82) is 0 Å². The standard InChI is InChI=1S/C20H26N2O2/c1-20(2,3)21-14-13-19(23)22-17-9-11-18(12-10-17)24-15-16-7-5-4-6-8-16/h4-12,21H,13-15H2,1-3H3,(H,22,23). The van der Waals surface area contributed by atoms with Gasteiger partial charge in [0, 0.05) is 24.2 Å². The topological polar surface area (TPSA) is 50.4 Å². The molecule has 0 saturated heterocycles. The highest BCUT2D eigenvalue weighted by Crippen LogP contribution is 2.17. The van der Waals surface area contributed by atoms with Crippen LogP contribution in [0.2, 0.25) is 0 Å². The van der Waals surface area contributed by atoms with Crippen molar-refractivity contribution in [2.24, 2.45) is 0 Å². The number of hydrogen-bond donors (Lipinski definition) is 2. The number of hydrogen-bond acceptors (Lipinski definition) is 3. The molecule has 0 atom stereocenters. The lowest BCUT2D eigenvalue weighted by atomic mass is 10.1. The second kappa shape index (κ2) is 8.50. The molecule has 0 radical (unpaired) electrons. The van der Waals surface area contributed by atoms with E-state index in [1.165, 1.54) is 0 Å². The van der Waals surface area contributed by atoms with Crippen LogP contribution in [0.3, 0.4) is 0 Å². The van der Waals surface area contributed by atoms with Crippen LogP contribution in [0.15, 0.2) is 54.6 Å². The van der Waals surface area contributed by atoms with Gasteiger partial charge in [-0.15, -0.1) is 0 Å². The van der Waals surface area contributed by atoms with Gasteiger partial charge in [-0.3, -0.25) is 4.79 Å². The Balaban J connectivity index is 1.76. The normalized spacial score (nSPS) is 11.1. The Morgan fingerprint density at radius 2 is 1.67 bits per heavy atom. The van der Waals surface area contributed by atoms with Gasteiger partial charge in [-0.1, -0.05) is 30.3 Å². The van der Waals surface area contributed by atoms with Crippen LogP contribution in [0, 0.1) is 0 Å². The van der Waals surface area contributed by atoms with E-state index >= 15 is 0 Å². The van der Waals surface area contributed by atoms with Gasteiger partial charge in [0.25, 0.3) is 0 Å². The van der Waals surface area contributed by atoms with Crippen LogP contribution < -0.4 is 15.4 Å². The molecule has 128 valence electrons. The van der Waals surface area contributed by atoms with Gasteiger partial charge < -0.3 is 15.4 Å². The van der Waals surface area contributed by atoms with Crippen molar-refractivity contribution in [3.63, 3.8) is 0 Å². The lowest BCUT2D eigenvalue weighted by Crippen LogP contribution is -2.37. The molecule has 0 saturated carbocycles. The molecular weight excluding hydrogens is 300 g/mol. The second-order valence-electron chi connectivity index (χ2n) is 6.77. The van der Waals surface area contributed by atoms with Crippen LogP contribution in [0.5, 0.6) is 5.75 Å². The van der Waals surface area contributed by atoms with Crippen molar-refractivity contribution in [2.75, 3.05) is 11.9 Å². The summed E-state index contributed by atoms with van der Waals surface area (Å²) in [6.45, 7) is 7.44. The molecular formula is C20H26N2O2. The summed E-state index contributed by atoms with van der Waals surface area (Å²) in [4.78, 5) is 11.9. The largest absolute Gasteiger partial charge is 0.489 e. The Bertz CT molecular complexity index is 631. The zero-order valence-electron chi connectivity index (χ0n) is 14.6. The molecule has 0 spiro atoms. The first-order valence-electron chi connectivity index (χ1n) is 8.24. The van der Waals surface area contributed by atoms with Crippen molar-refractivity contribution in [2.45, 2.75) is 39.3 Å². The molecule has 0 bridgehead atoms. The monoisotopic (exact) mass is 326 g/mol. The molecule has 2 rings (SSSR count). The van der Waals surface area contributed by atoms with Crippen LogP contribution in [-0.2, 0) is 11.4 Å². The third kappa shape index (κ3) is 6.84. The third-order valence-electron chi connectivity index (χ3n) is 3.39. The number of nitrogens with one attached hydrogen (secondary N) is 2. The quantitative estimate of drug-likeness (QED) is 0.809. The maximum absolute atomic E-state index is 11.9. The Morgan fingerprint density at radius 1 is 1.00 bits per heavy atom. The fourth-order valence-electron chi connectivity index (χ4n) is 2.15. The van der Waals surface area contributed by atoms with Crippen LogP contribution in [-0.4, -0.2) is 18.0 Å². The lowest BCUT2D eigenvalue weighted by molar-refractivity contribution is -0.116. The van der Waals surface area contributed by atoms with E-state index in [1.54, 1.807) is 0 Å². The number of rotatable bonds is 7. The molecule has 24 heavy (non-hydrogen) atoms. The molecule has 2 aromatic rings. The maximum Gasteiger partial charge on any atom is 0.225 e. The highest BCUT2D eigenvalue weighted by Gasteiger charge is 2.09. The number of ether oxygens (including phenoxy) is 1. The minimum absolute atomic E-state index is 0.00436. The Labute approximate surface area is 144 Å². The summed E-state index contributed by atoms with van der Waals surface area (Å²) in [7, 11) is 0. The fraction of sp³-hybridized carbons (Fsp3) is 0.350.